The van der Waals surface area contributed by atoms with Crippen LogP contribution in [0.3, 0.4) is 0 Å². The lowest BCUT2D eigenvalue weighted by Crippen LogP contribution is -2.17. The Morgan fingerprint density at radius 3 is 2.68 bits per heavy atom. The summed E-state index contributed by atoms with van der Waals surface area (Å²) in [5, 5.41) is 13.2. The van der Waals surface area contributed by atoms with E-state index in [1.807, 2.05) is 56.1 Å². The molecule has 0 bridgehead atoms. The van der Waals surface area contributed by atoms with Crippen LogP contribution in [0.2, 0.25) is 0 Å². The van der Waals surface area contributed by atoms with E-state index in [1.165, 1.54) is 0 Å². The number of aromatic nitrogens is 2. The molecule has 2 heterocycles. The highest BCUT2D eigenvalue weighted by atomic mass is 16.5. The van der Waals surface area contributed by atoms with Crippen molar-refractivity contribution in [2.45, 2.75) is 32.9 Å². The smallest absolute Gasteiger partial charge is 0.229 e. The van der Waals surface area contributed by atoms with Crippen molar-refractivity contribution in [3.05, 3.63) is 59.4 Å². The summed E-state index contributed by atoms with van der Waals surface area (Å²) in [7, 11) is 1.97. The molecule has 0 saturated heterocycles. The maximum absolute atomic E-state index is 9.21. The van der Waals surface area contributed by atoms with Crippen LogP contribution < -0.4 is 0 Å². The molecule has 0 aliphatic rings. The zero-order chi connectivity index (χ0) is 17.8. The number of hydrogen-bond acceptors (Lipinski definition) is 6. The molecule has 0 unspecified atom stereocenters. The van der Waals surface area contributed by atoms with Crippen LogP contribution in [0.15, 0.2) is 45.3 Å². The predicted molar refractivity (Wildman–Crippen MR) is 92.4 cm³/mol. The SMILES string of the molecule is CC(C)c1nc(CN(C)Cc2ccc(-c3ccccc3C#N)o2)no1. The summed E-state index contributed by atoms with van der Waals surface area (Å²) < 4.78 is 11.1. The molecule has 0 saturated carbocycles. The molecule has 2 aromatic heterocycles. The highest BCUT2D eigenvalue weighted by molar-refractivity contribution is 5.66. The first-order valence-corrected chi connectivity index (χ1v) is 8.16. The molecule has 0 aliphatic carbocycles. The second kappa shape index (κ2) is 7.32. The van der Waals surface area contributed by atoms with E-state index in [4.69, 9.17) is 8.94 Å². The Hall–Kier alpha value is -2.91. The molecule has 3 rings (SSSR count). The van der Waals surface area contributed by atoms with Crippen molar-refractivity contribution in [2.75, 3.05) is 7.05 Å². The van der Waals surface area contributed by atoms with Gasteiger partial charge in [0.15, 0.2) is 5.82 Å². The molecule has 6 heteroatoms. The van der Waals surface area contributed by atoms with E-state index in [9.17, 15) is 5.26 Å². The van der Waals surface area contributed by atoms with Crippen molar-refractivity contribution < 1.29 is 8.94 Å². The number of benzene rings is 1. The quantitative estimate of drug-likeness (QED) is 0.678. The zero-order valence-corrected chi connectivity index (χ0v) is 14.6. The van der Waals surface area contributed by atoms with Gasteiger partial charge < -0.3 is 8.94 Å². The fraction of sp³-hybridized carbons (Fsp3) is 0.316. The highest BCUT2D eigenvalue weighted by Gasteiger charge is 2.14. The van der Waals surface area contributed by atoms with Crippen LogP contribution in [-0.2, 0) is 13.1 Å². The third-order valence-electron chi connectivity index (χ3n) is 3.79. The third kappa shape index (κ3) is 3.95. The molecule has 128 valence electrons. The Morgan fingerprint density at radius 1 is 1.16 bits per heavy atom. The van der Waals surface area contributed by atoms with Crippen LogP contribution in [0, 0.1) is 11.3 Å². The van der Waals surface area contributed by atoms with Crippen LogP contribution >= 0.6 is 0 Å². The van der Waals surface area contributed by atoms with Crippen molar-refractivity contribution in [3.8, 4) is 17.4 Å². The summed E-state index contributed by atoms with van der Waals surface area (Å²) in [4.78, 5) is 6.43. The van der Waals surface area contributed by atoms with Crippen LogP contribution in [0.25, 0.3) is 11.3 Å². The molecule has 0 atom stereocenters. The molecule has 1 aromatic carbocycles. The van der Waals surface area contributed by atoms with Gasteiger partial charge in [-0.15, -0.1) is 0 Å². The van der Waals surface area contributed by atoms with Crippen molar-refractivity contribution in [1.82, 2.24) is 15.0 Å². The van der Waals surface area contributed by atoms with Gasteiger partial charge in [0.25, 0.3) is 0 Å². The van der Waals surface area contributed by atoms with Crippen molar-refractivity contribution in [1.29, 1.82) is 5.26 Å². The van der Waals surface area contributed by atoms with Crippen molar-refractivity contribution >= 4 is 0 Å². The average molecular weight is 336 g/mol. The Bertz CT molecular complexity index is 889. The molecule has 0 radical (unpaired) electrons. The molecule has 0 fully saturated rings. The van der Waals surface area contributed by atoms with Gasteiger partial charge in [-0.05, 0) is 31.3 Å². The second-order valence-corrected chi connectivity index (χ2v) is 6.30. The first-order valence-electron chi connectivity index (χ1n) is 8.16. The summed E-state index contributed by atoms with van der Waals surface area (Å²) in [5.41, 5.74) is 1.41. The molecular weight excluding hydrogens is 316 g/mol. The molecule has 0 spiro atoms. The van der Waals surface area contributed by atoms with Crippen LogP contribution in [0.4, 0.5) is 0 Å². The molecular formula is C19H20N4O2. The molecule has 6 nitrogen and oxygen atoms in total. The Labute approximate surface area is 146 Å². The van der Waals surface area contributed by atoms with E-state index in [1.54, 1.807) is 6.07 Å². The number of nitrogens with zero attached hydrogens (tertiary/aromatic N) is 4. The minimum atomic E-state index is 0.222. The van der Waals surface area contributed by atoms with Crippen LogP contribution in [-0.4, -0.2) is 22.1 Å². The standard InChI is InChI=1S/C19H20N4O2/c1-13(2)19-21-18(22-25-19)12-23(3)11-15-8-9-17(24-15)16-7-5-4-6-14(16)10-20/h4-9,13H,11-12H2,1-3H3. The number of nitriles is 1. The fourth-order valence-corrected chi connectivity index (χ4v) is 2.53. The normalized spacial score (nSPS) is 11.2. The topological polar surface area (TPSA) is 79.1 Å². The lowest BCUT2D eigenvalue weighted by atomic mass is 10.1. The lowest BCUT2D eigenvalue weighted by Gasteiger charge is -2.12. The Kier molecular flexibility index (Phi) is 4.96. The summed E-state index contributed by atoms with van der Waals surface area (Å²) in [6.07, 6.45) is 0. The van der Waals surface area contributed by atoms with Crippen molar-refractivity contribution in [3.63, 3.8) is 0 Å². The lowest BCUT2D eigenvalue weighted by molar-refractivity contribution is 0.275. The summed E-state index contributed by atoms with van der Waals surface area (Å²) in [6, 6.07) is 13.4. The molecule has 0 aliphatic heterocycles. The van der Waals surface area contributed by atoms with E-state index in [2.05, 4.69) is 16.2 Å². The van der Waals surface area contributed by atoms with Crippen molar-refractivity contribution in [2.24, 2.45) is 0 Å². The number of furan rings is 1. The first-order chi connectivity index (χ1) is 12.1. The van der Waals surface area contributed by atoms with Gasteiger partial charge in [-0.2, -0.15) is 10.2 Å². The average Bonchev–Trinajstić information content (AvgIpc) is 3.24. The fourth-order valence-electron chi connectivity index (χ4n) is 2.53. The maximum atomic E-state index is 9.21. The van der Waals surface area contributed by atoms with Crippen LogP contribution in [0.5, 0.6) is 0 Å². The first kappa shape index (κ1) is 16.9. The minimum Gasteiger partial charge on any atom is -0.460 e. The van der Waals surface area contributed by atoms with E-state index in [-0.39, 0.29) is 5.92 Å². The largest absolute Gasteiger partial charge is 0.460 e. The summed E-state index contributed by atoms with van der Waals surface area (Å²) in [6.45, 7) is 5.22. The molecule has 3 aromatic rings. The van der Waals surface area contributed by atoms with Gasteiger partial charge in [0.2, 0.25) is 5.89 Å². The number of hydrogen-bond donors (Lipinski definition) is 0. The molecule has 0 N–H and O–H groups in total. The van der Waals surface area contributed by atoms with E-state index in [0.717, 1.165) is 11.3 Å². The number of rotatable bonds is 6. The monoisotopic (exact) mass is 336 g/mol. The van der Waals surface area contributed by atoms with E-state index >= 15 is 0 Å². The third-order valence-corrected chi connectivity index (χ3v) is 3.79. The minimum absolute atomic E-state index is 0.222. The van der Waals surface area contributed by atoms with E-state index in [0.29, 0.717) is 36.1 Å². The van der Waals surface area contributed by atoms with Gasteiger partial charge in [-0.1, -0.05) is 31.1 Å². The second-order valence-electron chi connectivity index (χ2n) is 6.30. The van der Waals surface area contributed by atoms with Gasteiger partial charge >= 0.3 is 0 Å². The van der Waals surface area contributed by atoms with E-state index < -0.39 is 0 Å². The van der Waals surface area contributed by atoms with Gasteiger partial charge in [0, 0.05) is 11.5 Å². The van der Waals surface area contributed by atoms with Gasteiger partial charge in [-0.25, -0.2) is 0 Å². The molecule has 0 amide bonds. The predicted octanol–water partition coefficient (Wildman–Crippen LogP) is 3.96. The van der Waals surface area contributed by atoms with Gasteiger partial charge in [-0.3, -0.25) is 4.90 Å². The van der Waals surface area contributed by atoms with Crippen LogP contribution in [0.1, 0.15) is 42.8 Å². The van der Waals surface area contributed by atoms with Gasteiger partial charge in [0.1, 0.15) is 11.5 Å². The maximum Gasteiger partial charge on any atom is 0.229 e. The zero-order valence-electron chi connectivity index (χ0n) is 14.6. The van der Waals surface area contributed by atoms with Gasteiger partial charge in [0.05, 0.1) is 24.7 Å². The summed E-state index contributed by atoms with van der Waals surface area (Å²) >= 11 is 0. The molecule has 25 heavy (non-hydrogen) atoms. The summed E-state index contributed by atoms with van der Waals surface area (Å²) in [5.74, 6) is 3.05. The Morgan fingerprint density at radius 2 is 1.96 bits per heavy atom. The Balaban J connectivity index is 1.67. The highest BCUT2D eigenvalue weighted by Crippen LogP contribution is 2.26.